The molecule has 6 heteroatoms. The molecule has 130 valence electrons. The van der Waals surface area contributed by atoms with Crippen molar-refractivity contribution in [3.8, 4) is 0 Å². The van der Waals surface area contributed by atoms with E-state index in [-0.39, 0.29) is 37.6 Å². The van der Waals surface area contributed by atoms with E-state index in [0.717, 1.165) is 19.3 Å². The van der Waals surface area contributed by atoms with E-state index >= 15 is 0 Å². The van der Waals surface area contributed by atoms with Crippen LogP contribution in [0.1, 0.15) is 98.2 Å². The predicted octanol–water partition coefficient (Wildman–Crippen LogP) is 1.01. The van der Waals surface area contributed by atoms with Gasteiger partial charge in [0.1, 0.15) is 0 Å². The fourth-order valence-electron chi connectivity index (χ4n) is 2.51. The molecule has 0 fully saturated rings. The van der Waals surface area contributed by atoms with E-state index in [9.17, 15) is 0 Å². The van der Waals surface area contributed by atoms with E-state index in [1.54, 1.807) is 0 Å². The van der Waals surface area contributed by atoms with Gasteiger partial charge in [-0.15, -0.1) is 0 Å². The summed E-state index contributed by atoms with van der Waals surface area (Å²) in [7, 11) is -4.26. The maximum absolute atomic E-state index is 8.65. The minimum absolute atomic E-state index is 0. The summed E-state index contributed by atoms with van der Waals surface area (Å²) in [6.45, 7) is 2.50. The average Bonchev–Trinajstić information content (AvgIpc) is 2.42. The molecular formula is C16H37NaO4Si. The van der Waals surface area contributed by atoms with E-state index in [1.165, 1.54) is 70.6 Å². The Morgan fingerprint density at radius 2 is 0.955 bits per heavy atom. The zero-order valence-corrected chi connectivity index (χ0v) is 17.9. The van der Waals surface area contributed by atoms with Gasteiger partial charge < -0.3 is 20.2 Å². The molecule has 0 radical (unpaired) electrons. The predicted molar refractivity (Wildman–Crippen MR) is 89.8 cm³/mol. The first kappa shape index (κ1) is 25.3. The first-order valence-electron chi connectivity index (χ1n) is 8.87. The number of rotatable bonds is 16. The second kappa shape index (κ2) is 18.4. The van der Waals surface area contributed by atoms with E-state index in [4.69, 9.17) is 14.4 Å². The Balaban J connectivity index is -0.00000200. The number of unbranched alkanes of at least 4 members (excludes halogenated alkanes) is 13. The molecular weight excluding hydrogens is 307 g/mol. The molecule has 0 heterocycles. The van der Waals surface area contributed by atoms with Crippen LogP contribution in [0.15, 0.2) is 0 Å². The van der Waals surface area contributed by atoms with Gasteiger partial charge in [-0.2, -0.15) is 0 Å². The topological polar surface area (TPSA) is 69.9 Å². The molecule has 0 aromatic rings. The Morgan fingerprint density at radius 3 is 1.27 bits per heavy atom. The van der Waals surface area contributed by atoms with Gasteiger partial charge in [0.15, 0.2) is 0 Å². The molecule has 0 atom stereocenters. The number of hydrogen-bond acceptors (Lipinski definition) is 4. The molecule has 0 saturated carbocycles. The van der Waals surface area contributed by atoms with Gasteiger partial charge in [0.05, 0.1) is 0 Å². The molecule has 4 nitrogen and oxygen atoms in total. The molecule has 22 heavy (non-hydrogen) atoms. The molecule has 0 bridgehead atoms. The molecule has 0 aromatic heterocycles. The largest absolute Gasteiger partial charge is 1.00 e. The summed E-state index contributed by atoms with van der Waals surface area (Å²) >= 11 is 0. The minimum atomic E-state index is -4.26. The van der Waals surface area contributed by atoms with Gasteiger partial charge in [-0.3, -0.25) is 0 Å². The van der Waals surface area contributed by atoms with Crippen molar-refractivity contribution in [1.82, 2.24) is 0 Å². The monoisotopic (exact) mass is 344 g/mol. The Hall–Kier alpha value is 1.06. The normalized spacial score (nSPS) is 11.5. The maximum Gasteiger partial charge on any atom is 1.00 e. The molecule has 3 N–H and O–H groups in total. The van der Waals surface area contributed by atoms with Gasteiger partial charge in [-0.1, -0.05) is 90.4 Å². The third kappa shape index (κ3) is 23.3. The standard InChI is InChI=1S/C16H36O4Si.Na.H/c1-2-3-4-5-6-7-8-9-10-11-12-13-14-15-16-20-21(17,18)19;;/h17-19H,2-16H2,1H3;;/q;+1;-1. The third-order valence-corrected chi connectivity index (χ3v) is 4.39. The van der Waals surface area contributed by atoms with Crippen LogP contribution in [-0.4, -0.2) is 30.0 Å². The summed E-state index contributed by atoms with van der Waals surface area (Å²) < 4.78 is 4.54. The zero-order chi connectivity index (χ0) is 15.8. The van der Waals surface area contributed by atoms with Crippen molar-refractivity contribution in [2.75, 3.05) is 6.61 Å². The van der Waals surface area contributed by atoms with E-state index < -0.39 is 9.05 Å². The quantitative estimate of drug-likeness (QED) is 0.289. The van der Waals surface area contributed by atoms with E-state index in [2.05, 4.69) is 11.3 Å². The van der Waals surface area contributed by atoms with Gasteiger partial charge in [-0.25, -0.2) is 0 Å². The summed E-state index contributed by atoms with van der Waals surface area (Å²) in [5.41, 5.74) is 0. The van der Waals surface area contributed by atoms with Crippen molar-refractivity contribution in [3.05, 3.63) is 0 Å². The van der Waals surface area contributed by atoms with Crippen LogP contribution in [0.4, 0.5) is 0 Å². The first-order valence-corrected chi connectivity index (χ1v) is 10.6. The molecule has 0 amide bonds. The fraction of sp³-hybridized carbons (Fsp3) is 1.00. The molecule has 0 saturated heterocycles. The van der Waals surface area contributed by atoms with Gasteiger partial charge in [-0.05, 0) is 6.42 Å². The van der Waals surface area contributed by atoms with Crippen LogP contribution in [0.2, 0.25) is 0 Å². The SMILES string of the molecule is CCCCCCCCCCCCCCCCO[Si](O)(O)O.[H-].[Na+]. The first-order chi connectivity index (χ1) is 10.1. The van der Waals surface area contributed by atoms with Crippen LogP contribution in [-0.2, 0) is 4.43 Å². The summed E-state index contributed by atoms with van der Waals surface area (Å²) in [5.74, 6) is 0. The van der Waals surface area contributed by atoms with E-state index in [1.807, 2.05) is 0 Å². The summed E-state index contributed by atoms with van der Waals surface area (Å²) in [6.07, 6.45) is 18.0. The Labute approximate surface area is 161 Å². The molecule has 0 unspecified atom stereocenters. The van der Waals surface area contributed by atoms with Crippen molar-refractivity contribution >= 4 is 9.05 Å². The van der Waals surface area contributed by atoms with Gasteiger partial charge >= 0.3 is 38.6 Å². The molecule has 0 aromatic carbocycles. The number of hydrogen-bond donors (Lipinski definition) is 3. The fourth-order valence-corrected chi connectivity index (χ4v) is 2.92. The van der Waals surface area contributed by atoms with E-state index in [0.29, 0.717) is 0 Å². The summed E-state index contributed by atoms with van der Waals surface area (Å²) in [4.78, 5) is 25.9. The second-order valence-electron chi connectivity index (χ2n) is 6.02. The van der Waals surface area contributed by atoms with Gasteiger partial charge in [0, 0.05) is 6.61 Å². The van der Waals surface area contributed by atoms with Crippen molar-refractivity contribution < 1.29 is 49.8 Å². The van der Waals surface area contributed by atoms with Crippen molar-refractivity contribution in [2.24, 2.45) is 0 Å². The molecule has 0 rings (SSSR count). The van der Waals surface area contributed by atoms with Crippen molar-refractivity contribution in [1.29, 1.82) is 0 Å². The summed E-state index contributed by atoms with van der Waals surface area (Å²) in [5, 5.41) is 0. The smallest absolute Gasteiger partial charge is 1.00 e. The molecule has 0 aliphatic rings. The molecule has 0 aliphatic heterocycles. The van der Waals surface area contributed by atoms with Crippen LogP contribution >= 0.6 is 0 Å². The van der Waals surface area contributed by atoms with Gasteiger partial charge in [0.25, 0.3) is 0 Å². The Bertz CT molecular complexity index is 219. The summed E-state index contributed by atoms with van der Waals surface area (Å²) in [6, 6.07) is 0. The van der Waals surface area contributed by atoms with Crippen LogP contribution < -0.4 is 29.6 Å². The van der Waals surface area contributed by atoms with Crippen LogP contribution in [0, 0.1) is 0 Å². The maximum atomic E-state index is 8.65. The minimum Gasteiger partial charge on any atom is -1.00 e. The molecule has 0 spiro atoms. The van der Waals surface area contributed by atoms with Crippen LogP contribution in [0.3, 0.4) is 0 Å². The van der Waals surface area contributed by atoms with Gasteiger partial charge in [0.2, 0.25) is 0 Å². The zero-order valence-electron chi connectivity index (χ0n) is 15.9. The third-order valence-electron chi connectivity index (χ3n) is 3.79. The van der Waals surface area contributed by atoms with Crippen LogP contribution in [0.25, 0.3) is 0 Å². The second-order valence-corrected chi connectivity index (χ2v) is 7.45. The Kier molecular flexibility index (Phi) is 21.2. The van der Waals surface area contributed by atoms with Crippen molar-refractivity contribution in [2.45, 2.75) is 96.8 Å². The molecule has 0 aliphatic carbocycles. The Morgan fingerprint density at radius 1 is 0.636 bits per heavy atom. The van der Waals surface area contributed by atoms with Crippen LogP contribution in [0.5, 0.6) is 0 Å². The average molecular weight is 345 g/mol. The van der Waals surface area contributed by atoms with Crippen molar-refractivity contribution in [3.63, 3.8) is 0 Å².